The van der Waals surface area contributed by atoms with Crippen LogP contribution in [0.2, 0.25) is 0 Å². The lowest BCUT2D eigenvalue weighted by atomic mass is 9.80. The third-order valence-corrected chi connectivity index (χ3v) is 5.94. The number of allylic oxidation sites excluding steroid dienone is 1. The Morgan fingerprint density at radius 3 is 1.58 bits per heavy atom. The summed E-state index contributed by atoms with van der Waals surface area (Å²) in [6.07, 6.45) is 6.11. The van der Waals surface area contributed by atoms with Crippen LogP contribution in [0.25, 0.3) is 0 Å². The largest absolute Gasteiger partial charge is 0.392 e. The topological polar surface area (TPSA) is 38.7 Å². The van der Waals surface area contributed by atoms with Crippen LogP contribution in [0.5, 0.6) is 0 Å². The number of aliphatic hydroxyl groups excluding tert-OH is 1. The molecule has 0 spiro atoms. The highest BCUT2D eigenvalue weighted by Crippen LogP contribution is 2.40. The fraction of sp³-hybridized carbons (Fsp3) is 0.333. The quantitative estimate of drug-likeness (QED) is 0.175. The van der Waals surface area contributed by atoms with Crippen LogP contribution in [0.1, 0.15) is 49.3 Å². The van der Waals surface area contributed by atoms with E-state index in [2.05, 4.69) is 72.8 Å². The molecule has 0 unspecified atom stereocenters. The molecule has 0 radical (unpaired) electrons. The lowest BCUT2D eigenvalue weighted by molar-refractivity contribution is 0.0104. The van der Waals surface area contributed by atoms with Crippen molar-refractivity contribution in [1.29, 1.82) is 0 Å². The molecule has 0 fully saturated rings. The predicted molar refractivity (Wildman–Crippen MR) is 135 cm³/mol. The summed E-state index contributed by atoms with van der Waals surface area (Å²) >= 11 is 0. The zero-order valence-electron chi connectivity index (χ0n) is 19.7. The molecule has 0 saturated heterocycles. The highest BCUT2D eigenvalue weighted by atomic mass is 16.5. The van der Waals surface area contributed by atoms with Gasteiger partial charge in [0.1, 0.15) is 5.60 Å². The van der Waals surface area contributed by atoms with E-state index in [4.69, 9.17) is 9.47 Å². The van der Waals surface area contributed by atoms with Crippen molar-refractivity contribution in [2.24, 2.45) is 0 Å². The van der Waals surface area contributed by atoms with Crippen LogP contribution in [-0.4, -0.2) is 31.5 Å². The van der Waals surface area contributed by atoms with Crippen molar-refractivity contribution >= 4 is 0 Å². The normalized spacial score (nSPS) is 12.1. The molecule has 0 atom stereocenters. The number of ether oxygens (including phenoxy) is 2. The van der Waals surface area contributed by atoms with Gasteiger partial charge in [0, 0.05) is 13.2 Å². The van der Waals surface area contributed by atoms with Crippen LogP contribution in [0.15, 0.2) is 103 Å². The molecular weight excluding hydrogens is 408 g/mol. The van der Waals surface area contributed by atoms with E-state index in [1.165, 1.54) is 0 Å². The Bertz CT molecular complexity index is 839. The maximum atomic E-state index is 9.18. The van der Waals surface area contributed by atoms with E-state index in [1.807, 2.05) is 31.2 Å². The van der Waals surface area contributed by atoms with E-state index < -0.39 is 5.60 Å². The fourth-order valence-corrected chi connectivity index (χ4v) is 4.08. The number of benzene rings is 3. The van der Waals surface area contributed by atoms with E-state index >= 15 is 0 Å². The number of rotatable bonds is 14. The van der Waals surface area contributed by atoms with Gasteiger partial charge in [-0.2, -0.15) is 0 Å². The van der Waals surface area contributed by atoms with Gasteiger partial charge in [-0.25, -0.2) is 0 Å². The van der Waals surface area contributed by atoms with Gasteiger partial charge in [0.25, 0.3) is 0 Å². The summed E-state index contributed by atoms with van der Waals surface area (Å²) in [5.74, 6) is 0. The molecule has 3 aromatic carbocycles. The summed E-state index contributed by atoms with van der Waals surface area (Å²) in [4.78, 5) is 0. The minimum atomic E-state index is -0.639. The van der Waals surface area contributed by atoms with Gasteiger partial charge in [-0.05, 0) is 42.0 Å². The summed E-state index contributed by atoms with van der Waals surface area (Å²) in [6, 6.07) is 31.5. The minimum Gasteiger partial charge on any atom is -0.392 e. The summed E-state index contributed by atoms with van der Waals surface area (Å²) in [7, 11) is 0. The number of aliphatic hydroxyl groups is 1. The van der Waals surface area contributed by atoms with Crippen LogP contribution >= 0.6 is 0 Å². The Morgan fingerprint density at radius 2 is 1.15 bits per heavy atom. The summed E-state index contributed by atoms with van der Waals surface area (Å²) < 4.78 is 12.5. The SMILES string of the molecule is CC=C(CO)COCCCCCCOC(c1ccccc1)(c1ccccc1)c1ccccc1. The molecule has 3 heteroatoms. The van der Waals surface area contributed by atoms with Gasteiger partial charge < -0.3 is 14.6 Å². The Labute approximate surface area is 198 Å². The van der Waals surface area contributed by atoms with Gasteiger partial charge in [-0.15, -0.1) is 0 Å². The van der Waals surface area contributed by atoms with Crippen molar-refractivity contribution in [3.63, 3.8) is 0 Å². The first-order chi connectivity index (χ1) is 16.3. The number of hydrogen-bond donors (Lipinski definition) is 1. The summed E-state index contributed by atoms with van der Waals surface area (Å²) in [5.41, 5.74) is 3.71. The first-order valence-electron chi connectivity index (χ1n) is 11.9. The van der Waals surface area contributed by atoms with E-state index in [9.17, 15) is 5.11 Å². The average Bonchev–Trinajstić information content (AvgIpc) is 2.89. The summed E-state index contributed by atoms with van der Waals surface area (Å²) in [5, 5.41) is 9.18. The molecule has 0 aliphatic rings. The molecule has 0 bridgehead atoms. The van der Waals surface area contributed by atoms with Crippen LogP contribution in [0.3, 0.4) is 0 Å². The van der Waals surface area contributed by atoms with Crippen LogP contribution < -0.4 is 0 Å². The molecule has 3 rings (SSSR count). The molecule has 33 heavy (non-hydrogen) atoms. The molecule has 174 valence electrons. The monoisotopic (exact) mass is 444 g/mol. The first-order valence-corrected chi connectivity index (χ1v) is 11.9. The number of unbranched alkanes of at least 4 members (excludes halogenated alkanes) is 3. The zero-order chi connectivity index (χ0) is 23.2. The molecule has 0 heterocycles. The molecule has 1 N–H and O–H groups in total. The Morgan fingerprint density at radius 1 is 0.697 bits per heavy atom. The minimum absolute atomic E-state index is 0.0693. The molecule has 0 saturated carbocycles. The molecule has 0 amide bonds. The van der Waals surface area contributed by atoms with E-state index in [0.717, 1.165) is 54.6 Å². The molecule has 3 nitrogen and oxygen atoms in total. The molecular formula is C30H36O3. The van der Waals surface area contributed by atoms with Crippen molar-refractivity contribution in [3.8, 4) is 0 Å². The molecule has 0 aromatic heterocycles. The predicted octanol–water partition coefficient (Wildman–Crippen LogP) is 6.51. The second-order valence-electron chi connectivity index (χ2n) is 8.20. The van der Waals surface area contributed by atoms with Gasteiger partial charge in [0.05, 0.1) is 13.2 Å². The van der Waals surface area contributed by atoms with Crippen molar-refractivity contribution in [2.75, 3.05) is 26.4 Å². The van der Waals surface area contributed by atoms with Gasteiger partial charge in [0.2, 0.25) is 0 Å². The van der Waals surface area contributed by atoms with Gasteiger partial charge in [-0.3, -0.25) is 0 Å². The van der Waals surface area contributed by atoms with Gasteiger partial charge >= 0.3 is 0 Å². The lowest BCUT2D eigenvalue weighted by Gasteiger charge is -2.36. The standard InChI is InChI=1S/C30H36O3/c1-2-26(24-31)25-32-22-14-3-4-15-23-33-30(27-16-8-5-9-17-27,28-18-10-6-11-19-28)29-20-12-7-13-21-29/h2,5-13,16-21,31H,3-4,14-15,22-25H2,1H3. The number of hydrogen-bond acceptors (Lipinski definition) is 3. The molecule has 0 aliphatic heterocycles. The molecule has 3 aromatic rings. The summed E-state index contributed by atoms with van der Waals surface area (Å²) in [6.45, 7) is 3.91. The average molecular weight is 445 g/mol. The van der Waals surface area contributed by atoms with Crippen molar-refractivity contribution < 1.29 is 14.6 Å². The van der Waals surface area contributed by atoms with Gasteiger partial charge in [0.15, 0.2) is 0 Å². The third-order valence-electron chi connectivity index (χ3n) is 5.94. The van der Waals surface area contributed by atoms with Crippen LogP contribution in [-0.2, 0) is 15.1 Å². The van der Waals surface area contributed by atoms with Crippen LogP contribution in [0.4, 0.5) is 0 Å². The third kappa shape index (κ3) is 6.88. The second-order valence-corrected chi connectivity index (χ2v) is 8.20. The smallest absolute Gasteiger partial charge is 0.143 e. The zero-order valence-corrected chi connectivity index (χ0v) is 19.7. The van der Waals surface area contributed by atoms with E-state index in [1.54, 1.807) is 0 Å². The van der Waals surface area contributed by atoms with E-state index in [0.29, 0.717) is 13.2 Å². The maximum absolute atomic E-state index is 9.18. The second kappa shape index (κ2) is 13.7. The van der Waals surface area contributed by atoms with Crippen molar-refractivity contribution in [1.82, 2.24) is 0 Å². The molecule has 0 aliphatic carbocycles. The van der Waals surface area contributed by atoms with E-state index in [-0.39, 0.29) is 6.61 Å². The Hall–Kier alpha value is -2.72. The maximum Gasteiger partial charge on any atom is 0.143 e. The van der Waals surface area contributed by atoms with Crippen LogP contribution in [0, 0.1) is 0 Å². The first kappa shape index (κ1) is 24.9. The van der Waals surface area contributed by atoms with Crippen molar-refractivity contribution in [2.45, 2.75) is 38.2 Å². The van der Waals surface area contributed by atoms with Crippen molar-refractivity contribution in [3.05, 3.63) is 119 Å². The lowest BCUT2D eigenvalue weighted by Crippen LogP contribution is -2.33. The highest BCUT2D eigenvalue weighted by Gasteiger charge is 2.37. The fourth-order valence-electron chi connectivity index (χ4n) is 4.08. The highest BCUT2D eigenvalue weighted by molar-refractivity contribution is 5.47. The Balaban J connectivity index is 1.64. The van der Waals surface area contributed by atoms with Gasteiger partial charge in [-0.1, -0.05) is 110 Å². The Kier molecular flexibility index (Phi) is 10.4.